The van der Waals surface area contributed by atoms with E-state index in [1.807, 2.05) is 0 Å². The summed E-state index contributed by atoms with van der Waals surface area (Å²) in [5.41, 5.74) is 0.573. The highest BCUT2D eigenvalue weighted by Gasteiger charge is 2.43. The van der Waals surface area contributed by atoms with Gasteiger partial charge in [-0.3, -0.25) is 14.4 Å². The van der Waals surface area contributed by atoms with Crippen molar-refractivity contribution in [1.82, 2.24) is 4.90 Å². The molecular formula is C17H19NO6S2. The van der Waals surface area contributed by atoms with Gasteiger partial charge in [-0.1, -0.05) is 30.0 Å². The number of benzene rings is 1. The molecule has 0 saturated carbocycles. The summed E-state index contributed by atoms with van der Waals surface area (Å²) in [6, 6.07) is 5.80. The van der Waals surface area contributed by atoms with E-state index < -0.39 is 23.4 Å². The molecule has 140 valence electrons. The molecule has 1 amide bonds. The van der Waals surface area contributed by atoms with Gasteiger partial charge in [-0.15, -0.1) is 11.8 Å². The molecule has 0 bridgehead atoms. The van der Waals surface area contributed by atoms with Gasteiger partial charge in [0, 0.05) is 37.3 Å². The summed E-state index contributed by atoms with van der Waals surface area (Å²) in [5.74, 6) is -1.10. The van der Waals surface area contributed by atoms with Gasteiger partial charge in [0.25, 0.3) is 0 Å². The van der Waals surface area contributed by atoms with Crippen LogP contribution < -0.4 is 4.74 Å². The molecule has 7 nitrogen and oxygen atoms in total. The Bertz CT molecular complexity index is 723. The van der Waals surface area contributed by atoms with Crippen molar-refractivity contribution in [3.8, 4) is 5.75 Å². The molecule has 1 aliphatic heterocycles. The van der Waals surface area contributed by atoms with E-state index in [4.69, 9.17) is 4.74 Å². The fourth-order valence-electron chi connectivity index (χ4n) is 2.58. The first-order valence-corrected chi connectivity index (χ1v) is 9.91. The van der Waals surface area contributed by atoms with Gasteiger partial charge in [0.15, 0.2) is 5.12 Å². The van der Waals surface area contributed by atoms with E-state index in [-0.39, 0.29) is 23.2 Å². The highest BCUT2D eigenvalue weighted by Crippen LogP contribution is 2.45. The van der Waals surface area contributed by atoms with Crippen molar-refractivity contribution in [1.29, 1.82) is 0 Å². The Labute approximate surface area is 159 Å². The van der Waals surface area contributed by atoms with Crippen LogP contribution in [-0.4, -0.2) is 50.5 Å². The third kappa shape index (κ3) is 5.01. The molecule has 1 aliphatic rings. The summed E-state index contributed by atoms with van der Waals surface area (Å²) in [6.45, 7) is 2.69. The normalized spacial score (nSPS) is 19.2. The number of carboxylic acid groups (broad SMARTS) is 1. The minimum atomic E-state index is -1.09. The standard InChI is InChI=1S/C17H19NO6S2/c1-10(19)24-14-6-4-3-5-12(14)16-18(13(9-26-16)17(22)23)15(21)7-8-25-11(2)20/h3-6,13,16H,7-9H2,1-2H3,(H,22,23)/t13-,16?/m0/s1. The Morgan fingerprint density at radius 2 is 1.96 bits per heavy atom. The Morgan fingerprint density at radius 1 is 1.27 bits per heavy atom. The first-order valence-electron chi connectivity index (χ1n) is 7.87. The van der Waals surface area contributed by atoms with E-state index in [1.54, 1.807) is 24.3 Å². The summed E-state index contributed by atoms with van der Waals surface area (Å²) in [4.78, 5) is 48.0. The van der Waals surface area contributed by atoms with Crippen LogP contribution in [0.3, 0.4) is 0 Å². The smallest absolute Gasteiger partial charge is 0.327 e. The molecular weight excluding hydrogens is 378 g/mol. The number of carbonyl (C=O) groups excluding carboxylic acids is 3. The number of esters is 1. The Balaban J connectivity index is 2.28. The molecule has 1 aromatic rings. The number of hydrogen-bond donors (Lipinski definition) is 1. The lowest BCUT2D eigenvalue weighted by molar-refractivity contribution is -0.149. The third-order valence-corrected chi connectivity index (χ3v) is 5.75. The van der Waals surface area contributed by atoms with Crippen molar-refractivity contribution < 1.29 is 29.0 Å². The summed E-state index contributed by atoms with van der Waals surface area (Å²) in [7, 11) is 0. The Morgan fingerprint density at radius 3 is 2.58 bits per heavy atom. The van der Waals surface area contributed by atoms with E-state index in [1.165, 1.54) is 30.5 Å². The van der Waals surface area contributed by atoms with Gasteiger partial charge in [0.2, 0.25) is 5.91 Å². The van der Waals surface area contributed by atoms with E-state index in [2.05, 4.69) is 0 Å². The Kier molecular flexibility index (Phi) is 7.10. The predicted octanol–water partition coefficient (Wildman–Crippen LogP) is 2.31. The summed E-state index contributed by atoms with van der Waals surface area (Å²) >= 11 is 2.34. The molecule has 1 unspecified atom stereocenters. The average molecular weight is 397 g/mol. The van der Waals surface area contributed by atoms with Gasteiger partial charge < -0.3 is 14.7 Å². The molecule has 1 fully saturated rings. The number of carbonyl (C=O) groups is 4. The zero-order valence-electron chi connectivity index (χ0n) is 14.3. The molecule has 26 heavy (non-hydrogen) atoms. The van der Waals surface area contributed by atoms with Gasteiger partial charge in [0.1, 0.15) is 17.2 Å². The number of thioether (sulfide) groups is 2. The minimum Gasteiger partial charge on any atom is -0.480 e. The second-order valence-electron chi connectivity index (χ2n) is 5.56. The van der Waals surface area contributed by atoms with Gasteiger partial charge in [0.05, 0.1) is 0 Å². The molecule has 1 saturated heterocycles. The maximum Gasteiger partial charge on any atom is 0.327 e. The lowest BCUT2D eigenvalue weighted by Gasteiger charge is -2.28. The van der Waals surface area contributed by atoms with Gasteiger partial charge in [-0.2, -0.15) is 0 Å². The molecule has 9 heteroatoms. The highest BCUT2D eigenvalue weighted by molar-refractivity contribution is 8.13. The highest BCUT2D eigenvalue weighted by atomic mass is 32.2. The molecule has 0 radical (unpaired) electrons. The van der Waals surface area contributed by atoms with Crippen molar-refractivity contribution in [2.45, 2.75) is 31.7 Å². The van der Waals surface area contributed by atoms with Crippen molar-refractivity contribution in [3.05, 3.63) is 29.8 Å². The van der Waals surface area contributed by atoms with Crippen molar-refractivity contribution in [2.75, 3.05) is 11.5 Å². The van der Waals surface area contributed by atoms with Crippen LogP contribution in [0.15, 0.2) is 24.3 Å². The summed E-state index contributed by atoms with van der Waals surface area (Å²) < 4.78 is 5.21. The van der Waals surface area contributed by atoms with Crippen molar-refractivity contribution in [2.24, 2.45) is 0 Å². The second kappa shape index (κ2) is 9.09. The maximum atomic E-state index is 12.7. The number of aliphatic carboxylic acids is 1. The molecule has 0 aromatic heterocycles. The predicted molar refractivity (Wildman–Crippen MR) is 99.0 cm³/mol. The van der Waals surface area contributed by atoms with Gasteiger partial charge >= 0.3 is 11.9 Å². The fourth-order valence-corrected chi connectivity index (χ4v) is 4.62. The van der Waals surface area contributed by atoms with E-state index in [0.29, 0.717) is 17.1 Å². The van der Waals surface area contributed by atoms with Gasteiger partial charge in [-0.25, -0.2) is 4.79 Å². The van der Waals surface area contributed by atoms with E-state index in [0.717, 1.165) is 11.8 Å². The lowest BCUT2D eigenvalue weighted by Crippen LogP contribution is -2.43. The number of carboxylic acids is 1. The molecule has 1 aromatic carbocycles. The van der Waals surface area contributed by atoms with Crippen LogP contribution in [0.2, 0.25) is 0 Å². The third-order valence-electron chi connectivity index (χ3n) is 3.63. The van der Waals surface area contributed by atoms with Crippen LogP contribution >= 0.6 is 23.5 Å². The van der Waals surface area contributed by atoms with Crippen LogP contribution in [-0.2, 0) is 19.2 Å². The first-order chi connectivity index (χ1) is 12.3. The number of ether oxygens (including phenoxy) is 1. The van der Waals surface area contributed by atoms with E-state index >= 15 is 0 Å². The van der Waals surface area contributed by atoms with Crippen LogP contribution in [0.4, 0.5) is 0 Å². The SMILES string of the molecule is CC(=O)Oc1ccccc1C1SC[C@@H](C(=O)O)N1C(=O)CCSC(C)=O. The van der Waals surface area contributed by atoms with Gasteiger partial charge in [-0.05, 0) is 6.07 Å². The molecule has 2 atom stereocenters. The van der Waals surface area contributed by atoms with Crippen LogP contribution in [0, 0.1) is 0 Å². The monoisotopic (exact) mass is 397 g/mol. The minimum absolute atomic E-state index is 0.0564. The number of hydrogen-bond acceptors (Lipinski definition) is 7. The average Bonchev–Trinajstić information content (AvgIpc) is 2.99. The molecule has 0 spiro atoms. The summed E-state index contributed by atoms with van der Waals surface area (Å²) in [6.07, 6.45) is 0.0564. The topological polar surface area (TPSA) is 101 Å². The molecule has 1 heterocycles. The second-order valence-corrected chi connectivity index (χ2v) is 7.95. The number of amides is 1. The largest absolute Gasteiger partial charge is 0.480 e. The first kappa shape index (κ1) is 20.3. The van der Waals surface area contributed by atoms with E-state index in [9.17, 15) is 24.3 Å². The fraction of sp³-hybridized carbons (Fsp3) is 0.412. The van der Waals surface area contributed by atoms with Crippen LogP contribution in [0.1, 0.15) is 31.2 Å². The number of nitrogens with zero attached hydrogens (tertiary/aromatic N) is 1. The van der Waals surface area contributed by atoms with Crippen LogP contribution in [0.25, 0.3) is 0 Å². The summed E-state index contributed by atoms with van der Waals surface area (Å²) in [5, 5.41) is 8.81. The molecule has 0 aliphatic carbocycles. The quantitative estimate of drug-likeness (QED) is 0.576. The number of para-hydroxylation sites is 1. The zero-order chi connectivity index (χ0) is 19.3. The Hall–Kier alpha value is -2.00. The van der Waals surface area contributed by atoms with Crippen LogP contribution in [0.5, 0.6) is 5.75 Å². The molecule has 1 N–H and O–H groups in total. The van der Waals surface area contributed by atoms with Crippen molar-refractivity contribution >= 4 is 46.5 Å². The lowest BCUT2D eigenvalue weighted by atomic mass is 10.1. The van der Waals surface area contributed by atoms with Crippen molar-refractivity contribution in [3.63, 3.8) is 0 Å². The maximum absolute atomic E-state index is 12.7. The number of rotatable bonds is 6. The molecule has 2 rings (SSSR count). The zero-order valence-corrected chi connectivity index (χ0v) is 16.0.